The van der Waals surface area contributed by atoms with Crippen LogP contribution >= 0.6 is 23.4 Å². The molecule has 92 valence electrons. The quantitative estimate of drug-likeness (QED) is 0.790. The average molecular weight is 273 g/mol. The van der Waals surface area contributed by atoms with E-state index in [1.54, 1.807) is 31.2 Å². The van der Waals surface area contributed by atoms with Crippen molar-refractivity contribution >= 4 is 34.4 Å². The van der Waals surface area contributed by atoms with Gasteiger partial charge in [0.05, 0.1) is 18.1 Å². The number of ether oxygens (including phenoxy) is 1. The fourth-order valence-electron chi connectivity index (χ4n) is 1.17. The molecule has 1 aromatic carbocycles. The highest BCUT2D eigenvalue weighted by atomic mass is 35.5. The van der Waals surface area contributed by atoms with Crippen LogP contribution < -0.4 is 0 Å². The van der Waals surface area contributed by atoms with E-state index >= 15 is 0 Å². The first-order valence-electron chi connectivity index (χ1n) is 5.05. The van der Waals surface area contributed by atoms with Crippen molar-refractivity contribution in [3.8, 4) is 0 Å². The summed E-state index contributed by atoms with van der Waals surface area (Å²) in [6, 6.07) is 6.85. The monoisotopic (exact) mass is 272 g/mol. The largest absolute Gasteiger partial charge is 0.469 e. The predicted octanol–water partition coefficient (Wildman–Crippen LogP) is 3.02. The summed E-state index contributed by atoms with van der Waals surface area (Å²) in [4.78, 5) is 23.0. The van der Waals surface area contributed by atoms with Crippen LogP contribution in [0.25, 0.3) is 0 Å². The molecule has 0 aliphatic rings. The molecular formula is C12H13ClO3S. The van der Waals surface area contributed by atoms with Gasteiger partial charge in [-0.05, 0) is 12.1 Å². The van der Waals surface area contributed by atoms with E-state index in [1.807, 2.05) is 0 Å². The number of halogens is 1. The molecule has 0 unspecified atom stereocenters. The molecule has 17 heavy (non-hydrogen) atoms. The lowest BCUT2D eigenvalue weighted by atomic mass is 10.2. The third-order valence-electron chi connectivity index (χ3n) is 2.16. The molecule has 0 N–H and O–H groups in total. The number of esters is 1. The van der Waals surface area contributed by atoms with Crippen molar-refractivity contribution in [2.45, 2.75) is 6.92 Å². The third kappa shape index (κ3) is 4.06. The Morgan fingerprint density at radius 3 is 2.65 bits per heavy atom. The normalized spacial score (nSPS) is 11.9. The average Bonchev–Trinajstić information content (AvgIpc) is 2.35. The number of carbonyl (C=O) groups excluding carboxylic acids is 2. The molecule has 0 radical (unpaired) electrons. The Hall–Kier alpha value is -1.00. The highest BCUT2D eigenvalue weighted by molar-refractivity contribution is 8.14. The molecule has 0 aliphatic carbocycles. The Balaban J connectivity index is 2.57. The molecule has 0 heterocycles. The Morgan fingerprint density at radius 1 is 1.41 bits per heavy atom. The molecule has 0 amide bonds. The second kappa shape index (κ2) is 6.67. The number of thioether (sulfide) groups is 1. The number of carbonyl (C=O) groups is 2. The van der Waals surface area contributed by atoms with E-state index in [1.165, 1.54) is 7.11 Å². The molecule has 0 aromatic heterocycles. The van der Waals surface area contributed by atoms with Crippen LogP contribution in [-0.4, -0.2) is 23.9 Å². The van der Waals surface area contributed by atoms with Crippen LogP contribution in [0.5, 0.6) is 0 Å². The summed E-state index contributed by atoms with van der Waals surface area (Å²) in [5.41, 5.74) is 0.469. The number of rotatable bonds is 4. The van der Waals surface area contributed by atoms with Crippen molar-refractivity contribution < 1.29 is 14.3 Å². The van der Waals surface area contributed by atoms with Crippen LogP contribution in [-0.2, 0) is 9.53 Å². The Bertz CT molecular complexity index is 420. The molecule has 1 aromatic rings. The second-order valence-electron chi connectivity index (χ2n) is 3.50. The SMILES string of the molecule is COC(=O)[C@@H](C)CSC(=O)c1ccccc1Cl. The van der Waals surface area contributed by atoms with E-state index in [9.17, 15) is 9.59 Å². The topological polar surface area (TPSA) is 43.4 Å². The summed E-state index contributed by atoms with van der Waals surface area (Å²) < 4.78 is 4.58. The first kappa shape index (κ1) is 14.1. The molecule has 0 fully saturated rings. The maximum atomic E-state index is 11.8. The maximum absolute atomic E-state index is 11.8. The minimum atomic E-state index is -0.315. The van der Waals surface area contributed by atoms with Gasteiger partial charge in [-0.3, -0.25) is 9.59 Å². The van der Waals surface area contributed by atoms with Crippen molar-refractivity contribution in [2.24, 2.45) is 5.92 Å². The number of methoxy groups -OCH3 is 1. The van der Waals surface area contributed by atoms with E-state index in [-0.39, 0.29) is 17.0 Å². The molecule has 1 rings (SSSR count). The predicted molar refractivity (Wildman–Crippen MR) is 69.4 cm³/mol. The number of benzene rings is 1. The standard InChI is InChI=1S/C12H13ClO3S/c1-8(11(14)16-2)7-17-12(15)9-5-3-4-6-10(9)13/h3-6,8H,7H2,1-2H3/t8-/m0/s1. The molecule has 0 spiro atoms. The molecular weight excluding hydrogens is 260 g/mol. The zero-order valence-electron chi connectivity index (χ0n) is 9.60. The summed E-state index contributed by atoms with van der Waals surface area (Å²) in [5.74, 6) is -0.239. The van der Waals surface area contributed by atoms with Gasteiger partial charge < -0.3 is 4.74 Å². The van der Waals surface area contributed by atoms with Gasteiger partial charge in [0.15, 0.2) is 0 Å². The molecule has 5 heteroatoms. The maximum Gasteiger partial charge on any atom is 0.309 e. The Labute approximate surface area is 109 Å². The van der Waals surface area contributed by atoms with Gasteiger partial charge in [0, 0.05) is 11.3 Å². The molecule has 0 saturated carbocycles. The first-order chi connectivity index (χ1) is 8.06. The molecule has 1 atom stereocenters. The zero-order valence-corrected chi connectivity index (χ0v) is 11.2. The van der Waals surface area contributed by atoms with Crippen molar-refractivity contribution in [3.63, 3.8) is 0 Å². The number of hydrogen-bond acceptors (Lipinski definition) is 4. The first-order valence-corrected chi connectivity index (χ1v) is 6.42. The highest BCUT2D eigenvalue weighted by Crippen LogP contribution is 2.22. The van der Waals surface area contributed by atoms with E-state index in [4.69, 9.17) is 11.6 Å². The lowest BCUT2D eigenvalue weighted by Gasteiger charge is -2.08. The molecule has 0 saturated heterocycles. The molecule has 0 bridgehead atoms. The Kier molecular flexibility index (Phi) is 5.51. The summed E-state index contributed by atoms with van der Waals surface area (Å²) in [6.45, 7) is 1.72. The molecule has 3 nitrogen and oxygen atoms in total. The van der Waals surface area contributed by atoms with Crippen LogP contribution in [0.1, 0.15) is 17.3 Å². The van der Waals surface area contributed by atoms with Gasteiger partial charge in [-0.15, -0.1) is 0 Å². The van der Waals surface area contributed by atoms with Crippen LogP contribution in [0.4, 0.5) is 0 Å². The van der Waals surface area contributed by atoms with Gasteiger partial charge in [-0.2, -0.15) is 0 Å². The fraction of sp³-hybridized carbons (Fsp3) is 0.333. The van der Waals surface area contributed by atoms with E-state index < -0.39 is 0 Å². The zero-order chi connectivity index (χ0) is 12.8. The third-order valence-corrected chi connectivity index (χ3v) is 3.64. The van der Waals surface area contributed by atoms with Gasteiger partial charge in [0.1, 0.15) is 0 Å². The summed E-state index contributed by atoms with van der Waals surface area (Å²) in [6.07, 6.45) is 0. The number of hydrogen-bond donors (Lipinski definition) is 0. The van der Waals surface area contributed by atoms with Crippen molar-refractivity contribution in [1.29, 1.82) is 0 Å². The van der Waals surface area contributed by atoms with E-state index in [2.05, 4.69) is 4.74 Å². The minimum Gasteiger partial charge on any atom is -0.469 e. The van der Waals surface area contributed by atoms with E-state index in [0.717, 1.165) is 11.8 Å². The van der Waals surface area contributed by atoms with Gasteiger partial charge >= 0.3 is 5.97 Å². The van der Waals surface area contributed by atoms with Crippen molar-refractivity contribution in [3.05, 3.63) is 34.9 Å². The Morgan fingerprint density at radius 2 is 2.06 bits per heavy atom. The van der Waals surface area contributed by atoms with Crippen LogP contribution in [0.15, 0.2) is 24.3 Å². The lowest BCUT2D eigenvalue weighted by molar-refractivity contribution is -0.143. The summed E-state index contributed by atoms with van der Waals surface area (Å²) in [7, 11) is 1.33. The lowest BCUT2D eigenvalue weighted by Crippen LogP contribution is -2.15. The fourth-order valence-corrected chi connectivity index (χ4v) is 2.32. The van der Waals surface area contributed by atoms with Crippen molar-refractivity contribution in [1.82, 2.24) is 0 Å². The van der Waals surface area contributed by atoms with Gasteiger partial charge in [-0.1, -0.05) is 42.4 Å². The summed E-state index contributed by atoms with van der Waals surface area (Å²) >= 11 is 6.97. The highest BCUT2D eigenvalue weighted by Gasteiger charge is 2.17. The van der Waals surface area contributed by atoms with Crippen LogP contribution in [0, 0.1) is 5.92 Å². The van der Waals surface area contributed by atoms with E-state index in [0.29, 0.717) is 16.3 Å². The van der Waals surface area contributed by atoms with Gasteiger partial charge in [-0.25, -0.2) is 0 Å². The summed E-state index contributed by atoms with van der Waals surface area (Å²) in [5, 5.41) is 0.294. The van der Waals surface area contributed by atoms with Crippen LogP contribution in [0.2, 0.25) is 5.02 Å². The van der Waals surface area contributed by atoms with Crippen LogP contribution in [0.3, 0.4) is 0 Å². The van der Waals surface area contributed by atoms with Crippen molar-refractivity contribution in [2.75, 3.05) is 12.9 Å². The second-order valence-corrected chi connectivity index (χ2v) is 4.90. The van der Waals surface area contributed by atoms with Gasteiger partial charge in [0.25, 0.3) is 0 Å². The smallest absolute Gasteiger partial charge is 0.309 e. The minimum absolute atomic E-state index is 0.133. The van der Waals surface area contributed by atoms with Gasteiger partial charge in [0.2, 0.25) is 5.12 Å². The molecule has 0 aliphatic heterocycles.